The number of hydrogen-bond donors (Lipinski definition) is 3. The summed E-state index contributed by atoms with van der Waals surface area (Å²) >= 11 is 4.41. The number of nitrogens with two attached hydrogens (primary N) is 1. The predicted octanol–water partition coefficient (Wildman–Crippen LogP) is 5.80. The highest BCUT2D eigenvalue weighted by molar-refractivity contribution is 7.80. The van der Waals surface area contributed by atoms with E-state index in [1.54, 1.807) is 6.08 Å². The van der Waals surface area contributed by atoms with E-state index in [-0.39, 0.29) is 40.8 Å². The second kappa shape index (κ2) is 9.43. The zero-order chi connectivity index (χ0) is 22.6. The molecule has 31 heavy (non-hydrogen) atoms. The fourth-order valence-corrected chi connectivity index (χ4v) is 3.80. The number of benzene rings is 1. The van der Waals surface area contributed by atoms with Gasteiger partial charge in [-0.25, -0.2) is 18.2 Å². The second-order valence-electron chi connectivity index (χ2n) is 7.14. The largest absolute Gasteiger partial charge is 0.370 e. The Morgan fingerprint density at radius 3 is 2.74 bits per heavy atom. The summed E-state index contributed by atoms with van der Waals surface area (Å²) in [5.41, 5.74) is 5.58. The quantitative estimate of drug-likeness (QED) is 0.300. The number of nitrogens with zero attached hydrogens (tertiary/aromatic N) is 2. The molecule has 8 heteroatoms. The van der Waals surface area contributed by atoms with Crippen LogP contribution in [0.2, 0.25) is 0 Å². The summed E-state index contributed by atoms with van der Waals surface area (Å²) in [6, 6.07) is 5.44. The highest BCUT2D eigenvalue weighted by atomic mass is 32.1. The fraction of sp³-hybridized carbons (Fsp3) is 0.217. The molecule has 0 spiro atoms. The van der Waals surface area contributed by atoms with E-state index in [4.69, 9.17) is 5.73 Å². The van der Waals surface area contributed by atoms with E-state index >= 15 is 0 Å². The molecule has 2 aromatic rings. The fourth-order valence-electron chi connectivity index (χ4n) is 3.56. The van der Waals surface area contributed by atoms with E-state index in [0.717, 1.165) is 0 Å². The maximum absolute atomic E-state index is 15.0. The molecule has 1 unspecified atom stereocenters. The Kier molecular flexibility index (Phi) is 6.90. The summed E-state index contributed by atoms with van der Waals surface area (Å²) in [6.07, 6.45) is 7.00. The molecule has 0 aliphatic heterocycles. The Labute approximate surface area is 184 Å². The van der Waals surface area contributed by atoms with Crippen LogP contribution in [0.25, 0.3) is 5.57 Å². The summed E-state index contributed by atoms with van der Waals surface area (Å²) in [7, 11) is 0. The summed E-state index contributed by atoms with van der Waals surface area (Å²) in [5, 5.41) is 2.83. The van der Waals surface area contributed by atoms with Gasteiger partial charge in [-0.1, -0.05) is 25.7 Å². The number of nitrogens with one attached hydrogen (secondary N) is 1. The van der Waals surface area contributed by atoms with Crippen LogP contribution in [0.3, 0.4) is 0 Å². The summed E-state index contributed by atoms with van der Waals surface area (Å²) in [6.45, 7) is 5.76. The molecule has 0 radical (unpaired) electrons. The Bertz CT molecular complexity index is 1090. The van der Waals surface area contributed by atoms with Crippen molar-refractivity contribution in [2.24, 2.45) is 16.1 Å². The molecule has 1 aliphatic rings. The van der Waals surface area contributed by atoms with Crippen LogP contribution in [0.1, 0.15) is 31.0 Å². The van der Waals surface area contributed by atoms with Crippen LogP contribution in [0.15, 0.2) is 71.0 Å². The Morgan fingerprint density at radius 2 is 2.06 bits per heavy atom. The number of aliphatic imine (C=N–C) groups is 1. The summed E-state index contributed by atoms with van der Waals surface area (Å²) in [5.74, 6) is -1.58. The number of halogens is 3. The average molecular weight is 445 g/mol. The van der Waals surface area contributed by atoms with Crippen molar-refractivity contribution in [1.82, 2.24) is 4.98 Å². The van der Waals surface area contributed by atoms with Crippen molar-refractivity contribution in [3.63, 3.8) is 0 Å². The number of thiol groups is 1. The molecule has 1 aromatic carbocycles. The van der Waals surface area contributed by atoms with Crippen molar-refractivity contribution >= 4 is 29.8 Å². The number of guanidine groups is 1. The SMILES string of the molecule is C=C(c1c(F)ccc(S)c1NC(N)=NCc1ncccc1F)C1(CC)CC=CC=C1F. The molecule has 1 heterocycles. The molecule has 0 saturated heterocycles. The monoisotopic (exact) mass is 444 g/mol. The van der Waals surface area contributed by atoms with E-state index < -0.39 is 17.0 Å². The van der Waals surface area contributed by atoms with Crippen LogP contribution in [-0.4, -0.2) is 10.9 Å². The van der Waals surface area contributed by atoms with Crippen LogP contribution < -0.4 is 11.1 Å². The van der Waals surface area contributed by atoms with Gasteiger partial charge in [0, 0.05) is 16.7 Å². The van der Waals surface area contributed by atoms with Gasteiger partial charge in [-0.3, -0.25) is 4.98 Å². The van der Waals surface area contributed by atoms with E-state index in [0.29, 0.717) is 17.7 Å². The third kappa shape index (κ3) is 4.54. The molecule has 0 saturated carbocycles. The first-order valence-electron chi connectivity index (χ1n) is 9.70. The smallest absolute Gasteiger partial charge is 0.193 e. The van der Waals surface area contributed by atoms with Gasteiger partial charge < -0.3 is 11.1 Å². The molecule has 1 aromatic heterocycles. The molecule has 3 rings (SSSR count). The third-order valence-electron chi connectivity index (χ3n) is 5.40. The van der Waals surface area contributed by atoms with Gasteiger partial charge >= 0.3 is 0 Å². The number of pyridine rings is 1. The van der Waals surface area contributed by atoms with Gasteiger partial charge in [0.15, 0.2) is 5.96 Å². The molecule has 0 fully saturated rings. The van der Waals surface area contributed by atoms with Crippen LogP contribution in [-0.2, 0) is 6.54 Å². The topological polar surface area (TPSA) is 63.3 Å². The minimum Gasteiger partial charge on any atom is -0.370 e. The minimum absolute atomic E-state index is 0.0790. The van der Waals surface area contributed by atoms with Gasteiger partial charge in [0.05, 0.1) is 23.3 Å². The molecule has 1 aliphatic carbocycles. The molecule has 1 atom stereocenters. The third-order valence-corrected chi connectivity index (χ3v) is 5.78. The van der Waals surface area contributed by atoms with Crippen molar-refractivity contribution in [1.29, 1.82) is 0 Å². The standard InChI is InChI=1S/C23H23F3N4S/c1-3-23(11-5-4-8-19(23)26)14(2)20-16(25)9-10-18(31)21(20)30-22(27)29-13-17-15(24)7-6-12-28-17/h4-10,12,31H,2-3,11,13H2,1H3,(H3,27,29,30). The lowest BCUT2D eigenvalue weighted by molar-refractivity contribution is 0.362. The molecule has 4 nitrogen and oxygen atoms in total. The summed E-state index contributed by atoms with van der Waals surface area (Å²) in [4.78, 5) is 8.38. The Morgan fingerprint density at radius 1 is 1.29 bits per heavy atom. The van der Waals surface area contributed by atoms with Gasteiger partial charge in [-0.2, -0.15) is 0 Å². The molecule has 162 valence electrons. The van der Waals surface area contributed by atoms with Crippen molar-refractivity contribution in [2.45, 2.75) is 31.2 Å². The van der Waals surface area contributed by atoms with E-state index in [1.165, 1.54) is 36.5 Å². The van der Waals surface area contributed by atoms with Gasteiger partial charge in [0.1, 0.15) is 17.5 Å². The van der Waals surface area contributed by atoms with E-state index in [2.05, 4.69) is 34.5 Å². The van der Waals surface area contributed by atoms with Gasteiger partial charge in [0.2, 0.25) is 0 Å². The van der Waals surface area contributed by atoms with E-state index in [1.807, 2.05) is 13.0 Å². The summed E-state index contributed by atoms with van der Waals surface area (Å²) < 4.78 is 43.7. The molecule has 0 amide bonds. The lowest BCUT2D eigenvalue weighted by Crippen LogP contribution is -2.27. The van der Waals surface area contributed by atoms with Crippen molar-refractivity contribution < 1.29 is 13.2 Å². The van der Waals surface area contributed by atoms with Crippen molar-refractivity contribution in [3.8, 4) is 0 Å². The number of hydrogen-bond acceptors (Lipinski definition) is 3. The predicted molar refractivity (Wildman–Crippen MR) is 122 cm³/mol. The van der Waals surface area contributed by atoms with Gasteiger partial charge in [0.25, 0.3) is 0 Å². The average Bonchev–Trinajstić information content (AvgIpc) is 2.76. The molecular formula is C23H23F3N4S. The number of anilines is 1. The van der Waals surface area contributed by atoms with E-state index in [9.17, 15) is 13.2 Å². The normalized spacial score (nSPS) is 18.6. The molecular weight excluding hydrogens is 421 g/mol. The number of allylic oxidation sites excluding steroid dienone is 5. The lowest BCUT2D eigenvalue weighted by atomic mass is 9.70. The van der Waals surface area contributed by atoms with Crippen LogP contribution in [0.5, 0.6) is 0 Å². The number of rotatable bonds is 6. The second-order valence-corrected chi connectivity index (χ2v) is 7.62. The highest BCUT2D eigenvalue weighted by Crippen LogP contribution is 2.51. The van der Waals surface area contributed by atoms with Gasteiger partial charge in [-0.15, -0.1) is 12.6 Å². The van der Waals surface area contributed by atoms with Crippen molar-refractivity contribution in [2.75, 3.05) is 5.32 Å². The Hall–Kier alpha value is -3.00. The first-order chi connectivity index (χ1) is 14.8. The minimum atomic E-state index is -1.07. The van der Waals surface area contributed by atoms with Crippen LogP contribution >= 0.6 is 12.6 Å². The maximum atomic E-state index is 15.0. The Balaban J connectivity index is 1.97. The first kappa shape index (κ1) is 22.7. The molecule has 3 N–H and O–H groups in total. The molecule has 0 bridgehead atoms. The first-order valence-corrected chi connectivity index (χ1v) is 10.1. The lowest BCUT2D eigenvalue weighted by Gasteiger charge is -2.35. The van der Waals surface area contributed by atoms with Crippen LogP contribution in [0, 0.1) is 17.0 Å². The maximum Gasteiger partial charge on any atom is 0.193 e. The van der Waals surface area contributed by atoms with Gasteiger partial charge in [-0.05, 0) is 48.8 Å². The van der Waals surface area contributed by atoms with Crippen LogP contribution in [0.4, 0.5) is 18.9 Å². The van der Waals surface area contributed by atoms with Crippen molar-refractivity contribution in [3.05, 3.63) is 84.0 Å². The zero-order valence-electron chi connectivity index (χ0n) is 17.0. The zero-order valence-corrected chi connectivity index (χ0v) is 17.9. The highest BCUT2D eigenvalue weighted by Gasteiger charge is 2.39. The number of aromatic nitrogens is 1.